The highest BCUT2D eigenvalue weighted by molar-refractivity contribution is 5.73. The number of nitrogens with zero attached hydrogens (tertiary/aromatic N) is 4. The SMILES string of the molecule is COc1ccc(-c2nnc3ccc(OCCNC(=O)NCc4ccccc4)nn23)cc1. The van der Waals surface area contributed by atoms with Crippen molar-refractivity contribution >= 4 is 11.7 Å². The summed E-state index contributed by atoms with van der Waals surface area (Å²) in [6.07, 6.45) is 0. The quantitative estimate of drug-likeness (QED) is 0.427. The van der Waals surface area contributed by atoms with Gasteiger partial charge in [-0.2, -0.15) is 4.52 Å². The standard InChI is InChI=1S/C22H22N6O3/c1-30-18-9-7-17(8-10-18)21-26-25-19-11-12-20(27-28(19)21)31-14-13-23-22(29)24-15-16-5-3-2-4-6-16/h2-12H,13-15H2,1H3,(H2,23,24,29). The van der Waals surface area contributed by atoms with E-state index in [-0.39, 0.29) is 12.6 Å². The third-order valence-electron chi connectivity index (χ3n) is 4.52. The van der Waals surface area contributed by atoms with Crippen molar-refractivity contribution in [2.45, 2.75) is 6.54 Å². The number of ether oxygens (including phenoxy) is 2. The van der Waals surface area contributed by atoms with Crippen LogP contribution in [0.15, 0.2) is 66.7 Å². The molecule has 2 N–H and O–H groups in total. The molecule has 0 bridgehead atoms. The van der Waals surface area contributed by atoms with E-state index in [1.807, 2.05) is 54.6 Å². The van der Waals surface area contributed by atoms with Gasteiger partial charge in [0.1, 0.15) is 12.4 Å². The molecule has 0 unspecified atom stereocenters. The molecule has 0 aliphatic heterocycles. The molecule has 158 valence electrons. The number of benzene rings is 2. The molecule has 2 heterocycles. The number of urea groups is 1. The molecule has 0 atom stereocenters. The highest BCUT2D eigenvalue weighted by atomic mass is 16.5. The van der Waals surface area contributed by atoms with Crippen LogP contribution in [0.1, 0.15) is 5.56 Å². The minimum Gasteiger partial charge on any atom is -0.497 e. The molecule has 0 aliphatic rings. The van der Waals surface area contributed by atoms with Crippen LogP contribution in [0.3, 0.4) is 0 Å². The monoisotopic (exact) mass is 418 g/mol. The van der Waals surface area contributed by atoms with E-state index in [0.717, 1.165) is 16.9 Å². The number of carbonyl (C=O) groups is 1. The molecule has 0 saturated heterocycles. The molecular weight excluding hydrogens is 396 g/mol. The van der Waals surface area contributed by atoms with Gasteiger partial charge in [-0.05, 0) is 35.9 Å². The number of aromatic nitrogens is 4. The third-order valence-corrected chi connectivity index (χ3v) is 4.52. The fourth-order valence-electron chi connectivity index (χ4n) is 2.93. The van der Waals surface area contributed by atoms with Gasteiger partial charge < -0.3 is 20.1 Å². The Balaban J connectivity index is 1.31. The largest absolute Gasteiger partial charge is 0.497 e. The van der Waals surface area contributed by atoms with E-state index in [2.05, 4.69) is 25.9 Å². The second kappa shape index (κ2) is 9.57. The number of fused-ring (bicyclic) bond motifs is 1. The average Bonchev–Trinajstić information content (AvgIpc) is 3.24. The Hall–Kier alpha value is -4.14. The Bertz CT molecular complexity index is 1150. The van der Waals surface area contributed by atoms with Crippen molar-refractivity contribution in [3.05, 3.63) is 72.3 Å². The van der Waals surface area contributed by atoms with Gasteiger partial charge in [-0.1, -0.05) is 30.3 Å². The summed E-state index contributed by atoms with van der Waals surface area (Å²) in [4.78, 5) is 11.9. The minimum atomic E-state index is -0.253. The fraction of sp³-hybridized carbons (Fsp3) is 0.182. The maximum atomic E-state index is 11.9. The summed E-state index contributed by atoms with van der Waals surface area (Å²) in [6.45, 7) is 1.08. The first-order valence-corrected chi connectivity index (χ1v) is 9.78. The molecule has 2 aromatic carbocycles. The molecule has 0 fully saturated rings. The second-order valence-electron chi connectivity index (χ2n) is 6.64. The lowest BCUT2D eigenvalue weighted by Gasteiger charge is -2.09. The number of methoxy groups -OCH3 is 1. The molecule has 4 rings (SSSR count). The first kappa shape index (κ1) is 20.1. The zero-order valence-electron chi connectivity index (χ0n) is 17.0. The summed E-state index contributed by atoms with van der Waals surface area (Å²) in [5.74, 6) is 1.77. The number of rotatable bonds is 8. The summed E-state index contributed by atoms with van der Waals surface area (Å²) >= 11 is 0. The number of hydrogen-bond acceptors (Lipinski definition) is 6. The minimum absolute atomic E-state index is 0.253. The predicted molar refractivity (Wildman–Crippen MR) is 115 cm³/mol. The van der Waals surface area contributed by atoms with Gasteiger partial charge in [0.25, 0.3) is 0 Å². The van der Waals surface area contributed by atoms with E-state index in [9.17, 15) is 4.79 Å². The van der Waals surface area contributed by atoms with Crippen LogP contribution in [0.4, 0.5) is 4.79 Å². The van der Waals surface area contributed by atoms with E-state index in [0.29, 0.717) is 30.4 Å². The molecule has 9 heteroatoms. The van der Waals surface area contributed by atoms with Gasteiger partial charge in [-0.15, -0.1) is 15.3 Å². The molecule has 0 radical (unpaired) electrons. The van der Waals surface area contributed by atoms with Crippen molar-refractivity contribution in [1.29, 1.82) is 0 Å². The van der Waals surface area contributed by atoms with Crippen molar-refractivity contribution in [2.75, 3.05) is 20.3 Å². The Morgan fingerprint density at radius 1 is 0.968 bits per heavy atom. The van der Waals surface area contributed by atoms with Gasteiger partial charge in [0.05, 0.1) is 13.7 Å². The van der Waals surface area contributed by atoms with Gasteiger partial charge >= 0.3 is 6.03 Å². The lowest BCUT2D eigenvalue weighted by atomic mass is 10.2. The predicted octanol–water partition coefficient (Wildman–Crippen LogP) is 2.68. The molecule has 9 nitrogen and oxygen atoms in total. The van der Waals surface area contributed by atoms with Crippen LogP contribution in [0.5, 0.6) is 11.6 Å². The number of amides is 2. The van der Waals surface area contributed by atoms with Gasteiger partial charge in [-0.3, -0.25) is 0 Å². The molecule has 0 aliphatic carbocycles. The lowest BCUT2D eigenvalue weighted by molar-refractivity contribution is 0.235. The van der Waals surface area contributed by atoms with E-state index >= 15 is 0 Å². The van der Waals surface area contributed by atoms with E-state index in [1.54, 1.807) is 23.8 Å². The molecular formula is C22H22N6O3. The fourth-order valence-corrected chi connectivity index (χ4v) is 2.93. The lowest BCUT2D eigenvalue weighted by Crippen LogP contribution is -2.37. The van der Waals surface area contributed by atoms with Crippen LogP contribution in [-0.4, -0.2) is 46.1 Å². The Morgan fingerprint density at radius 3 is 2.55 bits per heavy atom. The first-order chi connectivity index (χ1) is 15.2. The Morgan fingerprint density at radius 2 is 1.77 bits per heavy atom. The zero-order valence-corrected chi connectivity index (χ0v) is 17.0. The van der Waals surface area contributed by atoms with Crippen LogP contribution in [0, 0.1) is 0 Å². The second-order valence-corrected chi connectivity index (χ2v) is 6.64. The van der Waals surface area contributed by atoms with E-state index < -0.39 is 0 Å². The topological polar surface area (TPSA) is 103 Å². The van der Waals surface area contributed by atoms with Gasteiger partial charge in [0, 0.05) is 18.2 Å². The van der Waals surface area contributed by atoms with Gasteiger partial charge in [-0.25, -0.2) is 4.79 Å². The van der Waals surface area contributed by atoms with Crippen LogP contribution in [0.25, 0.3) is 17.0 Å². The summed E-state index contributed by atoms with van der Waals surface area (Å²) in [7, 11) is 1.62. The van der Waals surface area contributed by atoms with Crippen LogP contribution in [-0.2, 0) is 6.54 Å². The number of carbonyl (C=O) groups excluding carboxylic acids is 1. The van der Waals surface area contributed by atoms with Gasteiger partial charge in [0.2, 0.25) is 5.88 Å². The number of nitrogens with one attached hydrogen (secondary N) is 2. The molecule has 0 saturated carbocycles. The maximum absolute atomic E-state index is 11.9. The number of hydrogen-bond donors (Lipinski definition) is 2. The highest BCUT2D eigenvalue weighted by Crippen LogP contribution is 2.21. The van der Waals surface area contributed by atoms with Crippen LogP contribution >= 0.6 is 0 Å². The zero-order chi connectivity index (χ0) is 21.5. The van der Waals surface area contributed by atoms with Crippen molar-refractivity contribution in [2.24, 2.45) is 0 Å². The summed E-state index contributed by atoms with van der Waals surface area (Å²) in [5.41, 5.74) is 2.50. The average molecular weight is 418 g/mol. The smallest absolute Gasteiger partial charge is 0.315 e. The van der Waals surface area contributed by atoms with E-state index in [1.165, 1.54) is 0 Å². The molecule has 2 aromatic heterocycles. The molecule has 31 heavy (non-hydrogen) atoms. The van der Waals surface area contributed by atoms with Crippen molar-refractivity contribution in [1.82, 2.24) is 30.4 Å². The van der Waals surface area contributed by atoms with Crippen molar-refractivity contribution in [3.63, 3.8) is 0 Å². The van der Waals surface area contributed by atoms with Crippen LogP contribution in [0.2, 0.25) is 0 Å². The summed E-state index contributed by atoms with van der Waals surface area (Å²) in [6, 6.07) is 20.4. The molecule has 4 aromatic rings. The summed E-state index contributed by atoms with van der Waals surface area (Å²) in [5, 5.41) is 18.4. The van der Waals surface area contributed by atoms with Crippen molar-refractivity contribution < 1.29 is 14.3 Å². The normalized spacial score (nSPS) is 10.6. The van der Waals surface area contributed by atoms with Crippen molar-refractivity contribution in [3.8, 4) is 23.0 Å². The molecule has 2 amide bonds. The first-order valence-electron chi connectivity index (χ1n) is 9.78. The van der Waals surface area contributed by atoms with Gasteiger partial charge in [0.15, 0.2) is 11.5 Å². The Kier molecular flexibility index (Phi) is 6.22. The highest BCUT2D eigenvalue weighted by Gasteiger charge is 2.11. The molecule has 0 spiro atoms. The third kappa shape index (κ3) is 5.08. The summed E-state index contributed by atoms with van der Waals surface area (Å²) < 4.78 is 12.5. The maximum Gasteiger partial charge on any atom is 0.315 e. The Labute approximate surface area is 179 Å². The van der Waals surface area contributed by atoms with Crippen LogP contribution < -0.4 is 20.1 Å². The van der Waals surface area contributed by atoms with E-state index in [4.69, 9.17) is 9.47 Å².